The van der Waals surface area contributed by atoms with Crippen LogP contribution >= 0.6 is 11.6 Å². The van der Waals surface area contributed by atoms with Crippen LogP contribution in [0.3, 0.4) is 0 Å². The number of hydrogen-bond acceptors (Lipinski definition) is 4. The number of aliphatic carboxylic acids is 1. The number of amides is 1. The van der Waals surface area contributed by atoms with Crippen molar-refractivity contribution >= 4 is 23.5 Å². The third-order valence-electron chi connectivity index (χ3n) is 1.77. The van der Waals surface area contributed by atoms with Crippen LogP contribution in [0.15, 0.2) is 18.2 Å². The van der Waals surface area contributed by atoms with Crippen molar-refractivity contribution in [2.45, 2.75) is 0 Å². The molecule has 0 saturated heterocycles. The molecular formula is C10H10ClNO5. The van der Waals surface area contributed by atoms with E-state index in [1.165, 1.54) is 25.3 Å². The number of hydrogen-bond donors (Lipinski definition) is 2. The van der Waals surface area contributed by atoms with Crippen molar-refractivity contribution < 1.29 is 24.3 Å². The molecule has 2 N–H and O–H groups in total. The van der Waals surface area contributed by atoms with Gasteiger partial charge in [-0.2, -0.15) is 0 Å². The molecule has 6 nitrogen and oxygen atoms in total. The van der Waals surface area contributed by atoms with Crippen LogP contribution in [0, 0.1) is 0 Å². The van der Waals surface area contributed by atoms with E-state index in [2.05, 4.69) is 4.84 Å². The topological polar surface area (TPSA) is 84.9 Å². The predicted molar refractivity (Wildman–Crippen MR) is 59.1 cm³/mol. The van der Waals surface area contributed by atoms with Gasteiger partial charge in [-0.15, -0.1) is 0 Å². The van der Waals surface area contributed by atoms with E-state index in [0.717, 1.165) is 0 Å². The summed E-state index contributed by atoms with van der Waals surface area (Å²) >= 11 is 5.73. The van der Waals surface area contributed by atoms with E-state index in [9.17, 15) is 9.59 Å². The summed E-state index contributed by atoms with van der Waals surface area (Å²) in [4.78, 5) is 26.2. The lowest BCUT2D eigenvalue weighted by Crippen LogP contribution is -2.26. The second-order valence-electron chi connectivity index (χ2n) is 2.96. The van der Waals surface area contributed by atoms with E-state index in [-0.39, 0.29) is 11.3 Å². The Morgan fingerprint density at radius 1 is 1.47 bits per heavy atom. The summed E-state index contributed by atoms with van der Waals surface area (Å²) in [5, 5.41) is 8.74. The number of halogens is 1. The molecule has 0 aliphatic heterocycles. The second-order valence-corrected chi connectivity index (χ2v) is 3.39. The van der Waals surface area contributed by atoms with Gasteiger partial charge in [-0.3, -0.25) is 9.63 Å². The first-order chi connectivity index (χ1) is 8.04. The fraction of sp³-hybridized carbons (Fsp3) is 0.200. The molecule has 0 bridgehead atoms. The summed E-state index contributed by atoms with van der Waals surface area (Å²) in [5.74, 6) is -1.53. The molecule has 0 atom stereocenters. The molecule has 1 rings (SSSR count). The van der Waals surface area contributed by atoms with Crippen molar-refractivity contribution in [2.75, 3.05) is 13.7 Å². The maximum Gasteiger partial charge on any atom is 0.332 e. The van der Waals surface area contributed by atoms with E-state index in [1.807, 2.05) is 5.48 Å². The number of ether oxygens (including phenoxy) is 1. The van der Waals surface area contributed by atoms with Gasteiger partial charge in [0.15, 0.2) is 6.61 Å². The number of carbonyl (C=O) groups is 2. The van der Waals surface area contributed by atoms with Crippen molar-refractivity contribution in [3.8, 4) is 5.75 Å². The quantitative estimate of drug-likeness (QED) is 0.774. The lowest BCUT2D eigenvalue weighted by Gasteiger charge is -2.08. The average molecular weight is 260 g/mol. The van der Waals surface area contributed by atoms with Crippen LogP contribution < -0.4 is 10.2 Å². The molecule has 0 aromatic heterocycles. The Labute approximate surface area is 102 Å². The summed E-state index contributed by atoms with van der Waals surface area (Å²) in [7, 11) is 1.39. The van der Waals surface area contributed by atoms with Crippen molar-refractivity contribution in [3.05, 3.63) is 28.8 Å². The normalized spacial score (nSPS) is 9.76. The predicted octanol–water partition coefficient (Wildman–Crippen LogP) is 1.09. The van der Waals surface area contributed by atoms with Crippen LogP contribution in [0.1, 0.15) is 10.4 Å². The van der Waals surface area contributed by atoms with Gasteiger partial charge >= 0.3 is 5.97 Å². The van der Waals surface area contributed by atoms with E-state index in [0.29, 0.717) is 5.02 Å². The number of benzene rings is 1. The highest BCUT2D eigenvalue weighted by molar-refractivity contribution is 6.30. The molecule has 0 heterocycles. The lowest BCUT2D eigenvalue weighted by molar-refractivity contribution is -0.144. The fourth-order valence-corrected chi connectivity index (χ4v) is 1.23. The first kappa shape index (κ1) is 13.3. The van der Waals surface area contributed by atoms with Gasteiger partial charge < -0.3 is 9.84 Å². The monoisotopic (exact) mass is 259 g/mol. The summed E-state index contributed by atoms with van der Waals surface area (Å²) < 4.78 is 4.96. The van der Waals surface area contributed by atoms with Crippen molar-refractivity contribution in [1.29, 1.82) is 0 Å². The van der Waals surface area contributed by atoms with Gasteiger partial charge in [-0.05, 0) is 18.2 Å². The molecule has 0 aliphatic rings. The Hall–Kier alpha value is -1.79. The van der Waals surface area contributed by atoms with Crippen LogP contribution in [-0.4, -0.2) is 30.7 Å². The lowest BCUT2D eigenvalue weighted by atomic mass is 10.2. The Morgan fingerprint density at radius 2 is 2.18 bits per heavy atom. The van der Waals surface area contributed by atoms with E-state index < -0.39 is 18.5 Å². The van der Waals surface area contributed by atoms with Gasteiger partial charge in [-0.25, -0.2) is 10.3 Å². The molecule has 17 heavy (non-hydrogen) atoms. The average Bonchev–Trinajstić information content (AvgIpc) is 2.28. The zero-order valence-electron chi connectivity index (χ0n) is 8.90. The van der Waals surface area contributed by atoms with Gasteiger partial charge in [0, 0.05) is 5.02 Å². The van der Waals surface area contributed by atoms with Crippen LogP contribution in [-0.2, 0) is 9.63 Å². The van der Waals surface area contributed by atoms with Crippen LogP contribution in [0.25, 0.3) is 0 Å². The standard InChI is InChI=1S/C10H10ClNO5/c1-16-8-4-6(11)2-3-7(8)10(15)12-17-5-9(13)14/h2-4H,5H2,1H3,(H,12,15)(H,13,14). The summed E-state index contributed by atoms with van der Waals surface area (Å²) in [6.45, 7) is -0.623. The van der Waals surface area contributed by atoms with Crippen molar-refractivity contribution in [1.82, 2.24) is 5.48 Å². The minimum absolute atomic E-state index is 0.197. The van der Waals surface area contributed by atoms with Gasteiger partial charge in [0.05, 0.1) is 12.7 Å². The first-order valence-corrected chi connectivity index (χ1v) is 4.90. The number of nitrogens with one attached hydrogen (secondary N) is 1. The summed E-state index contributed by atoms with van der Waals surface area (Å²) in [6.07, 6.45) is 0. The largest absolute Gasteiger partial charge is 0.496 e. The highest BCUT2D eigenvalue weighted by Gasteiger charge is 2.13. The number of carboxylic acid groups (broad SMARTS) is 1. The Bertz CT molecular complexity index is 435. The van der Waals surface area contributed by atoms with Crippen LogP contribution in [0.5, 0.6) is 5.75 Å². The van der Waals surface area contributed by atoms with E-state index >= 15 is 0 Å². The second kappa shape index (κ2) is 6.07. The number of carboxylic acids is 1. The summed E-state index contributed by atoms with van der Waals surface area (Å²) in [6, 6.07) is 4.42. The molecule has 1 aromatic rings. The van der Waals surface area contributed by atoms with E-state index in [4.69, 9.17) is 21.4 Å². The van der Waals surface area contributed by atoms with Gasteiger partial charge in [-0.1, -0.05) is 11.6 Å². The van der Waals surface area contributed by atoms with Crippen LogP contribution in [0.2, 0.25) is 5.02 Å². The smallest absolute Gasteiger partial charge is 0.332 e. The van der Waals surface area contributed by atoms with Crippen LogP contribution in [0.4, 0.5) is 0 Å². The molecular weight excluding hydrogens is 250 g/mol. The molecule has 0 radical (unpaired) electrons. The minimum Gasteiger partial charge on any atom is -0.496 e. The van der Waals surface area contributed by atoms with E-state index in [1.54, 1.807) is 0 Å². The molecule has 0 saturated carbocycles. The minimum atomic E-state index is -1.19. The third-order valence-corrected chi connectivity index (χ3v) is 2.00. The van der Waals surface area contributed by atoms with Gasteiger partial charge in [0.25, 0.3) is 5.91 Å². The first-order valence-electron chi connectivity index (χ1n) is 4.52. The number of hydroxylamine groups is 1. The Balaban J connectivity index is 2.71. The number of rotatable bonds is 5. The van der Waals surface area contributed by atoms with Gasteiger partial charge in [0.2, 0.25) is 0 Å². The molecule has 0 aliphatic carbocycles. The molecule has 92 valence electrons. The van der Waals surface area contributed by atoms with Gasteiger partial charge in [0.1, 0.15) is 5.75 Å². The fourth-order valence-electron chi connectivity index (χ4n) is 1.07. The molecule has 1 amide bonds. The zero-order valence-corrected chi connectivity index (χ0v) is 9.65. The Kier molecular flexibility index (Phi) is 4.74. The SMILES string of the molecule is COc1cc(Cl)ccc1C(=O)NOCC(=O)O. The molecule has 1 aromatic carbocycles. The maximum atomic E-state index is 11.6. The van der Waals surface area contributed by atoms with Crippen molar-refractivity contribution in [3.63, 3.8) is 0 Å². The molecule has 7 heteroatoms. The Morgan fingerprint density at radius 3 is 2.76 bits per heavy atom. The van der Waals surface area contributed by atoms with Crippen molar-refractivity contribution in [2.24, 2.45) is 0 Å². The molecule has 0 spiro atoms. The highest BCUT2D eigenvalue weighted by Crippen LogP contribution is 2.22. The highest BCUT2D eigenvalue weighted by atomic mass is 35.5. The zero-order chi connectivity index (χ0) is 12.8. The summed E-state index contributed by atoms with van der Waals surface area (Å²) in [5.41, 5.74) is 2.18. The molecule has 0 fully saturated rings. The number of methoxy groups -OCH3 is 1. The number of carbonyl (C=O) groups excluding carboxylic acids is 1. The third kappa shape index (κ3) is 3.93. The maximum absolute atomic E-state index is 11.6. The molecule has 0 unspecified atom stereocenters.